The Bertz CT molecular complexity index is 960. The molecule has 1 aliphatic carbocycles. The smallest absolute Gasteiger partial charge is 0.324 e. The molecule has 0 spiro atoms. The molecule has 2 atom stereocenters. The zero-order chi connectivity index (χ0) is 21.4. The number of hydrogen-bond donors (Lipinski definition) is 1. The number of amides is 2. The second kappa shape index (κ2) is 8.75. The first kappa shape index (κ1) is 21.4. The van der Waals surface area contributed by atoms with E-state index in [2.05, 4.69) is 51.9 Å². The Kier molecular flexibility index (Phi) is 6.26. The van der Waals surface area contributed by atoms with Crippen LogP contribution < -0.4 is 5.43 Å². The first-order valence-electron chi connectivity index (χ1n) is 11.3. The van der Waals surface area contributed by atoms with E-state index in [4.69, 9.17) is 0 Å². The van der Waals surface area contributed by atoms with Crippen molar-refractivity contribution < 1.29 is 4.79 Å². The highest BCUT2D eigenvalue weighted by atomic mass is 79.9. The maximum atomic E-state index is 12.9. The summed E-state index contributed by atoms with van der Waals surface area (Å²) in [6.07, 6.45) is 6.59. The molecule has 4 rings (SSSR count). The molecule has 2 heterocycles. The summed E-state index contributed by atoms with van der Waals surface area (Å²) in [5.74, 6) is 0.546. The van der Waals surface area contributed by atoms with Gasteiger partial charge in [0.15, 0.2) is 0 Å². The lowest BCUT2D eigenvalue weighted by molar-refractivity contribution is 0.124. The number of carbonyl (C=O) groups excluding carboxylic acids is 1. The molecule has 1 saturated heterocycles. The zero-order valence-corrected chi connectivity index (χ0v) is 20.0. The average Bonchev–Trinajstić information content (AvgIpc) is 3.02. The first-order chi connectivity index (χ1) is 14.5. The summed E-state index contributed by atoms with van der Waals surface area (Å²) in [6.45, 7) is 14.1. The fourth-order valence-corrected chi connectivity index (χ4v) is 6.02. The molecule has 0 unspecified atom stereocenters. The molecule has 1 aliphatic heterocycles. The van der Waals surface area contributed by atoms with Gasteiger partial charge in [0.1, 0.15) is 0 Å². The third-order valence-corrected chi connectivity index (χ3v) is 7.33. The minimum atomic E-state index is -0.0719. The lowest BCUT2D eigenvalue weighted by Gasteiger charge is -2.44. The number of nitrogens with zero attached hydrogens (tertiary/aromatic N) is 3. The van der Waals surface area contributed by atoms with Crippen molar-refractivity contribution in [2.24, 2.45) is 0 Å². The number of rotatable bonds is 6. The lowest BCUT2D eigenvalue weighted by atomic mass is 9.74. The molecule has 0 saturated carbocycles. The molecule has 1 fully saturated rings. The van der Waals surface area contributed by atoms with Crippen LogP contribution in [0.2, 0.25) is 0 Å². The van der Waals surface area contributed by atoms with Crippen LogP contribution in [0, 0.1) is 0 Å². The van der Waals surface area contributed by atoms with Gasteiger partial charge in [0.05, 0.1) is 11.2 Å². The molecule has 1 aromatic heterocycles. The van der Waals surface area contributed by atoms with Gasteiger partial charge >= 0.3 is 6.03 Å². The molecular formula is C24H33BrN4O. The number of urea groups is 1. The molecule has 2 aliphatic rings. The van der Waals surface area contributed by atoms with Gasteiger partial charge in [0.25, 0.3) is 0 Å². The average molecular weight is 473 g/mol. The van der Waals surface area contributed by atoms with Crippen molar-refractivity contribution in [1.29, 1.82) is 0 Å². The Balaban J connectivity index is 1.86. The Morgan fingerprint density at radius 2 is 2.10 bits per heavy atom. The van der Waals surface area contributed by atoms with Gasteiger partial charge in [-0.3, -0.25) is 9.58 Å². The zero-order valence-electron chi connectivity index (χ0n) is 18.4. The van der Waals surface area contributed by atoms with Gasteiger partial charge in [-0.1, -0.05) is 29.4 Å². The van der Waals surface area contributed by atoms with E-state index in [1.807, 2.05) is 24.6 Å². The van der Waals surface area contributed by atoms with Gasteiger partial charge in [-0.15, -0.1) is 0 Å². The van der Waals surface area contributed by atoms with Crippen molar-refractivity contribution in [3.63, 3.8) is 0 Å². The predicted octanol–water partition coefficient (Wildman–Crippen LogP) is 5.57. The van der Waals surface area contributed by atoms with Crippen molar-refractivity contribution >= 4 is 38.9 Å². The topological polar surface area (TPSA) is 40.5 Å². The number of carbonyl (C=O) groups is 1. The van der Waals surface area contributed by atoms with E-state index in [1.165, 1.54) is 42.3 Å². The molecular weight excluding hydrogens is 440 g/mol. The van der Waals surface area contributed by atoms with Crippen LogP contribution in [0.25, 0.3) is 17.0 Å². The van der Waals surface area contributed by atoms with E-state index in [0.29, 0.717) is 25.0 Å². The molecule has 2 amide bonds. The van der Waals surface area contributed by atoms with E-state index in [-0.39, 0.29) is 6.03 Å². The van der Waals surface area contributed by atoms with Crippen molar-refractivity contribution in [2.75, 3.05) is 31.6 Å². The predicted molar refractivity (Wildman–Crippen MR) is 129 cm³/mol. The molecule has 6 heteroatoms. The van der Waals surface area contributed by atoms with E-state index >= 15 is 0 Å². The minimum absolute atomic E-state index is 0.0719. The number of nitrogens with one attached hydrogen (secondary N) is 1. The fraction of sp³-hybridized carbons (Fsp3) is 0.542. The molecule has 0 radical (unpaired) electrons. The summed E-state index contributed by atoms with van der Waals surface area (Å²) in [5.41, 5.74) is 7.99. The van der Waals surface area contributed by atoms with Gasteiger partial charge in [-0.25, -0.2) is 10.2 Å². The summed E-state index contributed by atoms with van der Waals surface area (Å²) in [4.78, 5) is 17.4. The van der Waals surface area contributed by atoms with Crippen molar-refractivity contribution in [1.82, 2.24) is 14.5 Å². The van der Waals surface area contributed by atoms with Crippen LogP contribution in [-0.2, 0) is 6.42 Å². The lowest BCUT2D eigenvalue weighted by Crippen LogP contribution is -2.47. The maximum absolute atomic E-state index is 12.9. The summed E-state index contributed by atoms with van der Waals surface area (Å²) in [6, 6.07) is 4.89. The highest BCUT2D eigenvalue weighted by molar-refractivity contribution is 9.10. The van der Waals surface area contributed by atoms with E-state index < -0.39 is 0 Å². The third-order valence-electron chi connectivity index (χ3n) is 6.87. The standard InChI is InChI=1S/C24H33BrN4O/c1-5-11-28-12-9-10-17-18-13-16(25)14-22-23(18)19(15-21(17)28)20(6-2)29(22)26-24(30)27(7-3)8-4/h6,13-14,17,21H,2,5,7-12,15H2,1,3-4H3,(H,26,30)/t17-,21-/m1/s1. The Labute approximate surface area is 188 Å². The van der Waals surface area contributed by atoms with Gasteiger partial charge < -0.3 is 4.90 Å². The summed E-state index contributed by atoms with van der Waals surface area (Å²) >= 11 is 3.75. The second-order valence-corrected chi connectivity index (χ2v) is 9.35. The summed E-state index contributed by atoms with van der Waals surface area (Å²) < 4.78 is 3.03. The van der Waals surface area contributed by atoms with Crippen LogP contribution >= 0.6 is 15.9 Å². The number of aromatic nitrogens is 1. The van der Waals surface area contributed by atoms with Crippen LogP contribution in [0.5, 0.6) is 0 Å². The van der Waals surface area contributed by atoms with Crippen LogP contribution in [0.15, 0.2) is 23.2 Å². The second-order valence-electron chi connectivity index (χ2n) is 8.44. The van der Waals surface area contributed by atoms with Crippen molar-refractivity contribution in [3.8, 4) is 0 Å². The van der Waals surface area contributed by atoms with Crippen molar-refractivity contribution in [2.45, 2.75) is 58.4 Å². The maximum Gasteiger partial charge on any atom is 0.336 e. The number of likely N-dealkylation sites (tertiary alicyclic amines) is 1. The van der Waals surface area contributed by atoms with Gasteiger partial charge in [0.2, 0.25) is 0 Å². The highest BCUT2D eigenvalue weighted by Gasteiger charge is 2.39. The Morgan fingerprint density at radius 1 is 1.33 bits per heavy atom. The van der Waals surface area contributed by atoms with Crippen LogP contribution in [0.1, 0.15) is 62.8 Å². The highest BCUT2D eigenvalue weighted by Crippen LogP contribution is 2.46. The quantitative estimate of drug-likeness (QED) is 0.596. The number of benzene rings is 1. The number of hydrogen-bond acceptors (Lipinski definition) is 2. The normalized spacial score (nSPS) is 20.8. The van der Waals surface area contributed by atoms with E-state index in [1.54, 1.807) is 4.90 Å². The summed E-state index contributed by atoms with van der Waals surface area (Å²) in [5, 5.41) is 1.31. The minimum Gasteiger partial charge on any atom is -0.324 e. The van der Waals surface area contributed by atoms with E-state index in [0.717, 1.165) is 28.6 Å². The Morgan fingerprint density at radius 3 is 2.77 bits per heavy atom. The largest absolute Gasteiger partial charge is 0.336 e. The molecule has 1 aromatic carbocycles. The van der Waals surface area contributed by atoms with Gasteiger partial charge in [0, 0.05) is 34.9 Å². The SMILES string of the molecule is C=Cc1c2c3c(cc(Br)cc3n1NC(=O)N(CC)CC)[C@H]1CCCN(CCC)[C@@H]1C2. The van der Waals surface area contributed by atoms with E-state index in [9.17, 15) is 4.79 Å². The molecule has 162 valence electrons. The third kappa shape index (κ3) is 3.48. The summed E-state index contributed by atoms with van der Waals surface area (Å²) in [7, 11) is 0. The number of fused-ring (bicyclic) bond motifs is 2. The molecule has 1 N–H and O–H groups in total. The first-order valence-corrected chi connectivity index (χ1v) is 12.1. The number of piperidine rings is 1. The van der Waals surface area contributed by atoms with Gasteiger partial charge in [-0.05, 0) is 82.0 Å². The number of halogens is 1. The van der Waals surface area contributed by atoms with Crippen LogP contribution in [-0.4, -0.2) is 52.7 Å². The van der Waals surface area contributed by atoms with Gasteiger partial charge in [-0.2, -0.15) is 0 Å². The molecule has 2 aromatic rings. The molecule has 30 heavy (non-hydrogen) atoms. The molecule has 5 nitrogen and oxygen atoms in total. The van der Waals surface area contributed by atoms with Crippen LogP contribution in [0.3, 0.4) is 0 Å². The van der Waals surface area contributed by atoms with Crippen molar-refractivity contribution in [3.05, 3.63) is 40.0 Å². The monoisotopic (exact) mass is 472 g/mol. The van der Waals surface area contributed by atoms with Crippen LogP contribution in [0.4, 0.5) is 4.79 Å². The molecule has 0 bridgehead atoms. The fourth-order valence-electron chi connectivity index (χ4n) is 5.56. The Hall–Kier alpha value is -1.79.